The Morgan fingerprint density at radius 2 is 2.15 bits per heavy atom. The van der Waals surface area contributed by atoms with Crippen LogP contribution in [0, 0.1) is 0 Å². The van der Waals surface area contributed by atoms with E-state index in [-0.39, 0.29) is 0 Å². The summed E-state index contributed by atoms with van der Waals surface area (Å²) in [6, 6.07) is 13.1. The zero-order chi connectivity index (χ0) is 13.4. The van der Waals surface area contributed by atoms with Crippen LogP contribution in [0.2, 0.25) is 0 Å². The van der Waals surface area contributed by atoms with Crippen LogP contribution < -0.4 is 5.32 Å². The van der Waals surface area contributed by atoms with Gasteiger partial charge in [0.05, 0.1) is 18.3 Å². The van der Waals surface area contributed by atoms with Gasteiger partial charge in [-0.05, 0) is 42.7 Å². The lowest BCUT2D eigenvalue weighted by Crippen LogP contribution is -2.15. The molecule has 1 saturated carbocycles. The fraction of sp³-hybridized carbons (Fsp3) is 0.235. The van der Waals surface area contributed by atoms with E-state index in [9.17, 15) is 0 Å². The summed E-state index contributed by atoms with van der Waals surface area (Å²) in [6.07, 6.45) is 6.17. The van der Waals surface area contributed by atoms with Crippen LogP contribution >= 0.6 is 0 Å². The van der Waals surface area contributed by atoms with Crippen LogP contribution in [-0.4, -0.2) is 11.0 Å². The molecule has 1 N–H and O–H groups in total. The maximum absolute atomic E-state index is 5.63. The van der Waals surface area contributed by atoms with Gasteiger partial charge in [0.2, 0.25) is 0 Å². The van der Waals surface area contributed by atoms with Gasteiger partial charge in [-0.25, -0.2) is 0 Å². The Morgan fingerprint density at radius 1 is 1.20 bits per heavy atom. The van der Waals surface area contributed by atoms with Crippen LogP contribution in [0.4, 0.5) is 0 Å². The molecule has 2 heterocycles. The molecule has 2 aromatic heterocycles. The number of furan rings is 1. The van der Waals surface area contributed by atoms with Crippen molar-refractivity contribution in [1.29, 1.82) is 0 Å². The molecule has 0 amide bonds. The van der Waals surface area contributed by atoms with Crippen molar-refractivity contribution in [2.75, 3.05) is 0 Å². The van der Waals surface area contributed by atoms with E-state index in [4.69, 9.17) is 4.42 Å². The fourth-order valence-corrected chi connectivity index (χ4v) is 2.50. The molecule has 0 radical (unpaired) electrons. The van der Waals surface area contributed by atoms with E-state index >= 15 is 0 Å². The molecule has 1 aliphatic carbocycles. The molecule has 1 aliphatic rings. The summed E-state index contributed by atoms with van der Waals surface area (Å²) in [7, 11) is 0. The number of aromatic nitrogens is 1. The first-order chi connectivity index (χ1) is 9.90. The number of hydrogen-bond donors (Lipinski definition) is 1. The van der Waals surface area contributed by atoms with Crippen LogP contribution in [0.1, 0.15) is 18.6 Å². The maximum Gasteiger partial charge on any atom is 0.125 e. The standard InChI is InChI=1S/C17H16N2O/c1-2-13-10-12(3-6-16(13)18-8-1)15-7-9-20-17(15)11-19-14-4-5-14/h1-3,6-10,14,19H,4-5,11H2. The van der Waals surface area contributed by atoms with Crippen LogP contribution in [0.5, 0.6) is 0 Å². The molecule has 3 heteroatoms. The average Bonchev–Trinajstić information content (AvgIpc) is 3.21. The lowest BCUT2D eigenvalue weighted by molar-refractivity contribution is 0.483. The zero-order valence-corrected chi connectivity index (χ0v) is 11.2. The van der Waals surface area contributed by atoms with E-state index in [2.05, 4.69) is 34.6 Å². The predicted octanol–water partition coefficient (Wildman–Crippen LogP) is 3.75. The van der Waals surface area contributed by atoms with Gasteiger partial charge < -0.3 is 9.73 Å². The topological polar surface area (TPSA) is 38.1 Å². The Bertz CT molecular complexity index is 743. The van der Waals surface area contributed by atoms with Crippen LogP contribution in [0.3, 0.4) is 0 Å². The number of fused-ring (bicyclic) bond motifs is 1. The molecule has 20 heavy (non-hydrogen) atoms. The molecule has 3 nitrogen and oxygen atoms in total. The van der Waals surface area contributed by atoms with Gasteiger partial charge >= 0.3 is 0 Å². The second kappa shape index (κ2) is 4.76. The molecule has 100 valence electrons. The molecule has 0 saturated heterocycles. The molecule has 0 aliphatic heterocycles. The van der Waals surface area contributed by atoms with Crippen molar-refractivity contribution >= 4 is 10.9 Å². The first-order valence-corrected chi connectivity index (χ1v) is 7.05. The van der Waals surface area contributed by atoms with Gasteiger partial charge in [-0.15, -0.1) is 0 Å². The lowest BCUT2D eigenvalue weighted by Gasteiger charge is -2.05. The molecule has 0 unspecified atom stereocenters. The van der Waals surface area contributed by atoms with E-state index < -0.39 is 0 Å². The smallest absolute Gasteiger partial charge is 0.125 e. The predicted molar refractivity (Wildman–Crippen MR) is 79.3 cm³/mol. The first kappa shape index (κ1) is 11.7. The molecular formula is C17H16N2O. The lowest BCUT2D eigenvalue weighted by atomic mass is 10.0. The Kier molecular flexibility index (Phi) is 2.78. The largest absolute Gasteiger partial charge is 0.467 e. The van der Waals surface area contributed by atoms with Gasteiger partial charge in [0.15, 0.2) is 0 Å². The van der Waals surface area contributed by atoms with Crippen molar-refractivity contribution in [3.05, 3.63) is 54.6 Å². The van der Waals surface area contributed by atoms with Crippen molar-refractivity contribution in [2.24, 2.45) is 0 Å². The van der Waals surface area contributed by atoms with E-state index in [0.29, 0.717) is 6.04 Å². The highest BCUT2D eigenvalue weighted by Gasteiger charge is 2.21. The number of rotatable bonds is 4. The Balaban J connectivity index is 1.69. The average molecular weight is 264 g/mol. The zero-order valence-electron chi connectivity index (χ0n) is 11.2. The quantitative estimate of drug-likeness (QED) is 0.780. The van der Waals surface area contributed by atoms with Crippen molar-refractivity contribution in [2.45, 2.75) is 25.4 Å². The maximum atomic E-state index is 5.63. The third-order valence-electron chi connectivity index (χ3n) is 3.79. The van der Waals surface area contributed by atoms with Crippen molar-refractivity contribution < 1.29 is 4.42 Å². The molecular weight excluding hydrogens is 248 g/mol. The Morgan fingerprint density at radius 3 is 3.05 bits per heavy atom. The minimum Gasteiger partial charge on any atom is -0.467 e. The number of hydrogen-bond acceptors (Lipinski definition) is 3. The number of nitrogens with one attached hydrogen (secondary N) is 1. The second-order valence-electron chi connectivity index (χ2n) is 5.32. The molecule has 0 atom stereocenters. The molecule has 1 aromatic carbocycles. The van der Waals surface area contributed by atoms with Gasteiger partial charge in [-0.2, -0.15) is 0 Å². The minimum absolute atomic E-state index is 0.689. The van der Waals surface area contributed by atoms with Gasteiger partial charge in [0.1, 0.15) is 5.76 Å². The number of pyridine rings is 1. The van der Waals surface area contributed by atoms with Crippen LogP contribution in [0.25, 0.3) is 22.0 Å². The summed E-state index contributed by atoms with van der Waals surface area (Å²) in [5.74, 6) is 1.01. The van der Waals surface area contributed by atoms with Crippen molar-refractivity contribution in [3.63, 3.8) is 0 Å². The minimum atomic E-state index is 0.689. The first-order valence-electron chi connectivity index (χ1n) is 7.05. The normalized spacial score (nSPS) is 14.8. The highest BCUT2D eigenvalue weighted by atomic mass is 16.3. The Hall–Kier alpha value is -2.13. The molecule has 4 rings (SSSR count). The van der Waals surface area contributed by atoms with Crippen molar-refractivity contribution in [3.8, 4) is 11.1 Å². The summed E-state index contributed by atoms with van der Waals surface area (Å²) >= 11 is 0. The van der Waals surface area contributed by atoms with Gasteiger partial charge in [-0.3, -0.25) is 4.98 Å². The summed E-state index contributed by atoms with van der Waals surface area (Å²) in [5, 5.41) is 4.66. The third kappa shape index (κ3) is 2.21. The monoisotopic (exact) mass is 264 g/mol. The van der Waals surface area contributed by atoms with Crippen LogP contribution in [-0.2, 0) is 6.54 Å². The summed E-state index contributed by atoms with van der Waals surface area (Å²) < 4.78 is 5.63. The van der Waals surface area contributed by atoms with E-state index in [1.165, 1.54) is 24.0 Å². The second-order valence-corrected chi connectivity index (χ2v) is 5.32. The van der Waals surface area contributed by atoms with Gasteiger partial charge in [0.25, 0.3) is 0 Å². The SMILES string of the molecule is c1cnc2ccc(-c3ccoc3CNC3CC3)cc2c1. The molecule has 3 aromatic rings. The molecule has 0 bridgehead atoms. The summed E-state index contributed by atoms with van der Waals surface area (Å²) in [4.78, 5) is 4.36. The van der Waals surface area contributed by atoms with Crippen LogP contribution in [0.15, 0.2) is 53.3 Å². The Labute approximate surface area is 117 Å². The van der Waals surface area contributed by atoms with E-state index in [1.807, 2.05) is 18.3 Å². The van der Waals surface area contributed by atoms with E-state index in [1.54, 1.807) is 6.26 Å². The molecule has 1 fully saturated rings. The van der Waals surface area contributed by atoms with Gasteiger partial charge in [-0.1, -0.05) is 12.1 Å². The highest BCUT2D eigenvalue weighted by molar-refractivity contribution is 5.84. The number of nitrogens with zero attached hydrogens (tertiary/aromatic N) is 1. The van der Waals surface area contributed by atoms with Gasteiger partial charge in [0, 0.05) is 23.2 Å². The molecule has 0 spiro atoms. The summed E-state index contributed by atoms with van der Waals surface area (Å²) in [6.45, 7) is 0.804. The number of benzene rings is 1. The van der Waals surface area contributed by atoms with Crippen molar-refractivity contribution in [1.82, 2.24) is 10.3 Å². The highest BCUT2D eigenvalue weighted by Crippen LogP contribution is 2.28. The third-order valence-corrected chi connectivity index (χ3v) is 3.79. The van der Waals surface area contributed by atoms with E-state index in [0.717, 1.165) is 23.2 Å². The fourth-order valence-electron chi connectivity index (χ4n) is 2.50. The summed E-state index contributed by atoms with van der Waals surface area (Å²) in [5.41, 5.74) is 3.38.